The third-order valence-electron chi connectivity index (χ3n) is 7.33. The predicted octanol–water partition coefficient (Wildman–Crippen LogP) is 5.18. The van der Waals surface area contributed by atoms with Gasteiger partial charge in [-0.25, -0.2) is 9.97 Å². The number of ketones is 1. The lowest BCUT2D eigenvalue weighted by Gasteiger charge is -2.43. The van der Waals surface area contributed by atoms with Crippen LogP contribution in [-0.2, 0) is 11.8 Å². The number of nitrogens with zero attached hydrogens (tertiary/aromatic N) is 4. The summed E-state index contributed by atoms with van der Waals surface area (Å²) in [5.74, 6) is 1.40. The number of Topliss-reactive ketones (excluding diaryl/α,β-unsaturated/α-hetero) is 1. The van der Waals surface area contributed by atoms with Gasteiger partial charge in [0.1, 0.15) is 0 Å². The number of benzene rings is 2. The zero-order valence-corrected chi connectivity index (χ0v) is 20.0. The molecule has 0 spiro atoms. The van der Waals surface area contributed by atoms with Crippen LogP contribution in [0.2, 0.25) is 0 Å². The summed E-state index contributed by atoms with van der Waals surface area (Å²) in [6, 6.07) is 14.6. The monoisotopic (exact) mass is 478 g/mol. The fourth-order valence-electron chi connectivity index (χ4n) is 5.30. The summed E-state index contributed by atoms with van der Waals surface area (Å²) in [7, 11) is 0. The molecule has 36 heavy (non-hydrogen) atoms. The molecule has 0 aliphatic heterocycles. The average molecular weight is 479 g/mol. The number of hydrogen-bond acceptors (Lipinski definition) is 7. The Balaban J connectivity index is 1.30. The summed E-state index contributed by atoms with van der Waals surface area (Å²) in [5, 5.41) is 5.01. The second-order valence-corrected chi connectivity index (χ2v) is 9.43. The number of carbonyl (C=O) groups is 1. The molecule has 0 unspecified atom stereocenters. The van der Waals surface area contributed by atoms with Gasteiger partial charge in [0, 0.05) is 60.3 Å². The van der Waals surface area contributed by atoms with Gasteiger partial charge >= 0.3 is 0 Å². The van der Waals surface area contributed by atoms with E-state index in [1.54, 1.807) is 19.3 Å². The van der Waals surface area contributed by atoms with Crippen LogP contribution < -0.4 is 5.73 Å². The van der Waals surface area contributed by atoms with Gasteiger partial charge in [-0.3, -0.25) is 4.79 Å². The van der Waals surface area contributed by atoms with Crippen LogP contribution in [0.3, 0.4) is 0 Å². The van der Waals surface area contributed by atoms with E-state index in [1.165, 1.54) is 17.5 Å². The first-order valence-corrected chi connectivity index (χ1v) is 12.1. The van der Waals surface area contributed by atoms with Crippen LogP contribution in [-0.4, -0.2) is 30.9 Å². The van der Waals surface area contributed by atoms with Crippen molar-refractivity contribution in [1.29, 1.82) is 0 Å². The maximum atomic E-state index is 13.1. The Labute approximate surface area is 208 Å². The molecular weight excluding hydrogens is 452 g/mol. The van der Waals surface area contributed by atoms with Crippen molar-refractivity contribution in [2.24, 2.45) is 0 Å². The van der Waals surface area contributed by atoms with Gasteiger partial charge in [-0.2, -0.15) is 4.98 Å². The molecule has 5 aromatic rings. The van der Waals surface area contributed by atoms with E-state index in [4.69, 9.17) is 10.3 Å². The molecule has 0 saturated heterocycles. The van der Waals surface area contributed by atoms with Crippen LogP contribution in [0.15, 0.2) is 65.6 Å². The van der Waals surface area contributed by atoms with Crippen molar-refractivity contribution >= 4 is 22.6 Å². The van der Waals surface area contributed by atoms with Crippen LogP contribution in [0.4, 0.5) is 5.95 Å². The highest BCUT2D eigenvalue weighted by Gasteiger charge is 2.42. The highest BCUT2D eigenvalue weighted by atomic mass is 16.5. The summed E-state index contributed by atoms with van der Waals surface area (Å²) < 4.78 is 5.02. The Morgan fingerprint density at radius 2 is 1.86 bits per heavy atom. The zero-order valence-electron chi connectivity index (χ0n) is 20.0. The van der Waals surface area contributed by atoms with E-state index in [2.05, 4.69) is 61.6 Å². The summed E-state index contributed by atoms with van der Waals surface area (Å²) in [6.07, 6.45) is 9.67. The number of nitrogens with one attached hydrogen (secondary N) is 1. The van der Waals surface area contributed by atoms with Gasteiger partial charge in [0.25, 0.3) is 0 Å². The number of nitrogens with two attached hydrogens (primary N) is 1. The summed E-state index contributed by atoms with van der Waals surface area (Å²) in [4.78, 5) is 29.0. The Hall–Kier alpha value is -4.33. The molecule has 0 atom stereocenters. The molecule has 6 rings (SSSR count). The molecule has 180 valence electrons. The molecule has 3 aromatic heterocycles. The van der Waals surface area contributed by atoms with Crippen LogP contribution >= 0.6 is 0 Å². The first kappa shape index (κ1) is 22.2. The third kappa shape index (κ3) is 3.75. The van der Waals surface area contributed by atoms with Gasteiger partial charge in [-0.1, -0.05) is 48.0 Å². The highest BCUT2D eigenvalue weighted by Crippen LogP contribution is 2.51. The molecule has 0 radical (unpaired) electrons. The van der Waals surface area contributed by atoms with Crippen molar-refractivity contribution < 1.29 is 9.32 Å². The third-order valence-corrected chi connectivity index (χ3v) is 7.33. The van der Waals surface area contributed by atoms with Crippen molar-refractivity contribution in [3.05, 3.63) is 89.5 Å². The SMILES string of the molecule is Cc1nc(CCC(=O)c2cccc3c(C4(c5ccc(-c6cnc(N)nc6)cc5)CCC4)c[nH]c23)no1. The fraction of sp³-hybridized carbons (Fsp3) is 0.250. The van der Waals surface area contributed by atoms with E-state index in [1.807, 2.05) is 12.1 Å². The Morgan fingerprint density at radius 1 is 1.08 bits per heavy atom. The predicted molar refractivity (Wildman–Crippen MR) is 136 cm³/mol. The van der Waals surface area contributed by atoms with Gasteiger partial charge in [-0.05, 0) is 35.6 Å². The molecule has 0 amide bonds. The molecule has 1 saturated carbocycles. The first-order valence-electron chi connectivity index (χ1n) is 12.1. The van der Waals surface area contributed by atoms with Crippen molar-refractivity contribution in [1.82, 2.24) is 25.1 Å². The quantitative estimate of drug-likeness (QED) is 0.309. The molecular formula is C28H26N6O2. The van der Waals surface area contributed by atoms with E-state index in [0.717, 1.165) is 34.9 Å². The number of para-hydroxylation sites is 1. The molecule has 8 heteroatoms. The van der Waals surface area contributed by atoms with Gasteiger partial charge < -0.3 is 15.2 Å². The number of aryl methyl sites for hydroxylation is 2. The topological polar surface area (TPSA) is 124 Å². The van der Waals surface area contributed by atoms with E-state index in [9.17, 15) is 4.79 Å². The maximum absolute atomic E-state index is 13.1. The molecule has 2 aromatic carbocycles. The van der Waals surface area contributed by atoms with Gasteiger partial charge in [0.15, 0.2) is 11.6 Å². The number of fused-ring (bicyclic) bond motifs is 1. The minimum Gasteiger partial charge on any atom is -0.368 e. The number of hydrogen-bond donors (Lipinski definition) is 2. The Bertz CT molecular complexity index is 1550. The van der Waals surface area contributed by atoms with E-state index >= 15 is 0 Å². The summed E-state index contributed by atoms with van der Waals surface area (Å²) >= 11 is 0. The van der Waals surface area contributed by atoms with Crippen LogP contribution in [0.5, 0.6) is 0 Å². The number of carbonyl (C=O) groups excluding carboxylic acids is 1. The number of rotatable bonds is 7. The number of anilines is 1. The summed E-state index contributed by atoms with van der Waals surface area (Å²) in [5.41, 5.74) is 11.7. The number of H-pyrrole nitrogens is 1. The number of aromatic nitrogens is 5. The molecule has 3 N–H and O–H groups in total. The largest absolute Gasteiger partial charge is 0.368 e. The van der Waals surface area contributed by atoms with Gasteiger partial charge in [0.2, 0.25) is 11.8 Å². The number of nitrogen functional groups attached to an aromatic ring is 1. The van der Waals surface area contributed by atoms with Crippen LogP contribution in [0, 0.1) is 6.92 Å². The highest BCUT2D eigenvalue weighted by molar-refractivity contribution is 6.07. The standard InChI is InChI=1S/C28H26N6O2/c1-17-33-25(34-36-17)11-10-24(35)22-5-2-4-21-23(16-30-26(21)22)28(12-3-13-28)20-8-6-18(7-9-20)19-14-31-27(29)32-15-19/h2,4-9,14-16,30H,3,10-13H2,1H3,(H2,29,31,32). The lowest BCUT2D eigenvalue weighted by Crippen LogP contribution is -2.35. The second-order valence-electron chi connectivity index (χ2n) is 9.43. The lowest BCUT2D eigenvalue weighted by molar-refractivity contribution is 0.0983. The van der Waals surface area contributed by atoms with E-state index in [-0.39, 0.29) is 17.1 Å². The second kappa shape index (κ2) is 8.71. The molecule has 1 aliphatic carbocycles. The van der Waals surface area contributed by atoms with E-state index < -0.39 is 0 Å². The molecule has 1 fully saturated rings. The Morgan fingerprint density at radius 3 is 2.53 bits per heavy atom. The smallest absolute Gasteiger partial charge is 0.223 e. The van der Waals surface area contributed by atoms with Gasteiger partial charge in [-0.15, -0.1) is 0 Å². The van der Waals surface area contributed by atoms with Crippen molar-refractivity contribution in [2.75, 3.05) is 5.73 Å². The van der Waals surface area contributed by atoms with Gasteiger partial charge in [0.05, 0.1) is 5.52 Å². The molecule has 8 nitrogen and oxygen atoms in total. The average Bonchev–Trinajstić information content (AvgIpc) is 3.49. The van der Waals surface area contributed by atoms with E-state index in [0.29, 0.717) is 30.1 Å². The normalized spacial score (nSPS) is 14.6. The molecule has 0 bridgehead atoms. The minimum atomic E-state index is -0.0712. The first-order chi connectivity index (χ1) is 17.5. The molecule has 1 aliphatic rings. The number of aromatic amines is 1. The Kier molecular flexibility index (Phi) is 5.36. The summed E-state index contributed by atoms with van der Waals surface area (Å²) in [6.45, 7) is 1.75. The van der Waals surface area contributed by atoms with Crippen molar-refractivity contribution in [2.45, 2.75) is 44.4 Å². The molecule has 3 heterocycles. The van der Waals surface area contributed by atoms with Crippen molar-refractivity contribution in [3.63, 3.8) is 0 Å². The zero-order chi connectivity index (χ0) is 24.7. The minimum absolute atomic E-state index is 0.0641. The fourth-order valence-corrected chi connectivity index (χ4v) is 5.30. The van der Waals surface area contributed by atoms with Crippen molar-refractivity contribution in [3.8, 4) is 11.1 Å². The van der Waals surface area contributed by atoms with Crippen LogP contribution in [0.25, 0.3) is 22.0 Å². The lowest BCUT2D eigenvalue weighted by atomic mass is 9.60. The van der Waals surface area contributed by atoms with Crippen LogP contribution in [0.1, 0.15) is 58.9 Å². The maximum Gasteiger partial charge on any atom is 0.223 e.